The van der Waals surface area contributed by atoms with Gasteiger partial charge in [0.05, 0.1) is 11.2 Å². The lowest BCUT2D eigenvalue weighted by molar-refractivity contribution is -0.119. The first kappa shape index (κ1) is 133. The summed E-state index contributed by atoms with van der Waals surface area (Å²) in [6.07, 6.45) is 51.5. The summed E-state index contributed by atoms with van der Waals surface area (Å²) in [5.41, 5.74) is 23.2. The summed E-state index contributed by atoms with van der Waals surface area (Å²) in [5.74, 6) is 4.97. The number of fused-ring (bicyclic) bond motifs is 2. The number of hydrogen-bond acceptors (Lipinski definition) is 17. The molecule has 146 heavy (non-hydrogen) atoms. The van der Waals surface area contributed by atoms with Crippen molar-refractivity contribution in [2.45, 2.75) is 415 Å². The fourth-order valence-electron chi connectivity index (χ4n) is 16.1. The van der Waals surface area contributed by atoms with E-state index in [1.165, 1.54) is 233 Å². The molecule has 5 aliphatic carbocycles. The van der Waals surface area contributed by atoms with Crippen LogP contribution >= 0.6 is 11.5 Å². The first-order chi connectivity index (χ1) is 69.0. The SMILES string of the molecule is CC(C)(C)S(=O)[O-].CC(C)(C)S(=O)[O-].CC(C)(C)S(=O)[O-].CC(C)(C)S(=O)[O-].CC(C)(C)S(=O)[O-].CC1CCCCC1.CC1CCCCC1.CC1CCCCC1.CC1CCCCC1.CC1CCCCC1.CCc1ccc(-c2csnn2)cc1.CCc1ccc(-n2ccc3ccccc32)cc1.CCc1ccc(-n2cccn2)cc1.CCc1ccc(N2CCC[C@H]2C(N)=O)cc1.CCc1ccc(N2CCc3ccccc32)cc1. The maximum Gasteiger partial charge on any atom is 0.240 e. The van der Waals surface area contributed by atoms with Gasteiger partial charge in [0.1, 0.15) is 11.7 Å². The summed E-state index contributed by atoms with van der Waals surface area (Å²) in [7, 11) is 0. The second-order valence-corrected chi connectivity index (χ2v) is 53.4. The highest BCUT2D eigenvalue weighted by Crippen LogP contribution is 2.36. The maximum absolute atomic E-state index is 11.3. The molecular formula is C121H187N8O11S6-5. The van der Waals surface area contributed by atoms with Crippen molar-refractivity contribution in [3.05, 3.63) is 239 Å². The molecule has 25 heteroatoms. The molecule has 7 aromatic carbocycles. The molecule has 1 amide bonds. The van der Waals surface area contributed by atoms with Gasteiger partial charge in [-0.25, -0.2) is 4.68 Å². The van der Waals surface area contributed by atoms with E-state index in [0.29, 0.717) is 0 Å². The second-order valence-electron chi connectivity index (χ2n) is 44.4. The van der Waals surface area contributed by atoms with E-state index in [9.17, 15) is 48.6 Å². The highest BCUT2D eigenvalue weighted by atomic mass is 32.2. The van der Waals surface area contributed by atoms with Crippen molar-refractivity contribution < 1.29 is 48.6 Å². The summed E-state index contributed by atoms with van der Waals surface area (Å²) in [6.45, 7) is 49.4. The van der Waals surface area contributed by atoms with Gasteiger partial charge < -0.3 is 42.9 Å². The average molecular weight is 2120 g/mol. The molecule has 10 aromatic rings. The van der Waals surface area contributed by atoms with Gasteiger partial charge in [0.15, 0.2) is 0 Å². The van der Waals surface area contributed by atoms with Crippen LogP contribution in [0.2, 0.25) is 0 Å². The van der Waals surface area contributed by atoms with Crippen molar-refractivity contribution in [1.82, 2.24) is 23.9 Å². The van der Waals surface area contributed by atoms with Crippen LogP contribution in [0, 0.1) is 29.6 Å². The Hall–Kier alpha value is -7.53. The molecule has 5 saturated carbocycles. The zero-order valence-electron chi connectivity index (χ0n) is 94.0. The third kappa shape index (κ3) is 56.5. The van der Waals surface area contributed by atoms with Crippen molar-refractivity contribution in [1.29, 1.82) is 0 Å². The van der Waals surface area contributed by atoms with Crippen LogP contribution in [0.1, 0.15) is 380 Å². The summed E-state index contributed by atoms with van der Waals surface area (Å²) in [4.78, 5) is 15.8. The number of anilines is 3. The van der Waals surface area contributed by atoms with E-state index in [1.807, 2.05) is 22.3 Å². The van der Waals surface area contributed by atoms with Crippen molar-refractivity contribution >= 4 is 101 Å². The van der Waals surface area contributed by atoms with Crippen LogP contribution in [0.15, 0.2) is 206 Å². The predicted octanol–water partition coefficient (Wildman–Crippen LogP) is 31.3. The number of hydrogen-bond donors (Lipinski definition) is 1. The van der Waals surface area contributed by atoms with E-state index >= 15 is 0 Å². The van der Waals surface area contributed by atoms with Crippen LogP contribution in [-0.4, -0.2) is 117 Å². The molecule has 3 aromatic heterocycles. The van der Waals surface area contributed by atoms with Crippen molar-refractivity contribution in [2.75, 3.05) is 22.9 Å². The number of nitrogens with zero attached hydrogens (tertiary/aromatic N) is 7. The van der Waals surface area contributed by atoms with E-state index in [-0.39, 0.29) is 11.9 Å². The van der Waals surface area contributed by atoms with E-state index in [4.69, 9.17) is 5.73 Å². The van der Waals surface area contributed by atoms with Crippen LogP contribution in [0.25, 0.3) is 33.5 Å². The van der Waals surface area contributed by atoms with E-state index in [1.54, 1.807) is 110 Å². The molecule has 818 valence electrons. The zero-order chi connectivity index (χ0) is 109. The first-order valence-electron chi connectivity index (χ1n) is 54.1. The molecule has 7 aliphatic rings. The molecule has 1 saturated heterocycles. The summed E-state index contributed by atoms with van der Waals surface area (Å²) >= 11 is -8.28. The number of primary amides is 1. The van der Waals surface area contributed by atoms with Gasteiger partial charge in [0, 0.05) is 89.1 Å². The molecule has 6 fully saturated rings. The van der Waals surface area contributed by atoms with Crippen molar-refractivity contribution in [3.8, 4) is 22.6 Å². The maximum atomic E-state index is 11.3. The Morgan fingerprint density at radius 1 is 0.363 bits per heavy atom. The smallest absolute Gasteiger partial charge is 0.240 e. The van der Waals surface area contributed by atoms with Crippen LogP contribution in [0.3, 0.4) is 0 Å². The molecule has 2 N–H and O–H groups in total. The number of carbonyl (C=O) groups excluding carboxylic acids is 1. The number of benzene rings is 7. The van der Waals surface area contributed by atoms with Gasteiger partial charge in [0.25, 0.3) is 0 Å². The molecule has 0 radical (unpaired) electrons. The highest BCUT2D eigenvalue weighted by Gasteiger charge is 2.29. The Balaban J connectivity index is 0.000000408. The highest BCUT2D eigenvalue weighted by molar-refractivity contribution is 7.81. The van der Waals surface area contributed by atoms with E-state index < -0.39 is 79.1 Å². The largest absolute Gasteiger partial charge is 0.772 e. The minimum Gasteiger partial charge on any atom is -0.772 e. The Kier molecular flexibility index (Phi) is 65.5. The Labute approximate surface area is 901 Å². The monoisotopic (exact) mass is 2120 g/mol. The van der Waals surface area contributed by atoms with Gasteiger partial charge in [-0.15, -0.1) is 5.10 Å². The fourth-order valence-corrected chi connectivity index (χ4v) is 16.5. The molecule has 19 nitrogen and oxygen atoms in total. The molecule has 6 atom stereocenters. The van der Waals surface area contributed by atoms with Gasteiger partial charge in [-0.2, -0.15) is 5.10 Å². The van der Waals surface area contributed by atoms with Gasteiger partial charge in [-0.3, -0.25) is 25.8 Å². The van der Waals surface area contributed by atoms with Crippen LogP contribution in [0.4, 0.5) is 17.1 Å². The molecule has 2 aliphatic heterocycles. The Bertz CT molecular complexity index is 4860. The number of amides is 1. The quantitative estimate of drug-likeness (QED) is 0.118. The third-order valence-electron chi connectivity index (χ3n) is 26.1. The first-order valence-corrected chi connectivity index (χ1v) is 60.4. The summed E-state index contributed by atoms with van der Waals surface area (Å²) in [6, 6.07) is 64.1. The van der Waals surface area contributed by atoms with Gasteiger partial charge in [0.2, 0.25) is 5.91 Å². The van der Waals surface area contributed by atoms with Crippen LogP contribution in [-0.2, 0) is 98.7 Å². The number of aromatic nitrogens is 5. The number of rotatable bonds is 11. The van der Waals surface area contributed by atoms with Gasteiger partial charge in [-0.1, -0.05) is 343 Å². The molecular weight excluding hydrogens is 1930 g/mol. The second kappa shape index (κ2) is 72.1. The lowest BCUT2D eigenvalue weighted by atomic mass is 9.91. The molecule has 0 spiro atoms. The standard InChI is InChI=1S/C16H17N.C16H15N.C13H18N2O.C11H12N2.C10H10N2S.5C7H14.5C4H10O2S/c2*1-2-13-7-9-15(10-8-13)17-12-11-14-5-3-4-6-16(14)17;1-2-10-5-7-11(8-6-10)15-9-3-4-12(15)13(14)16;1-2-10-4-6-11(7-5-10)13-9-3-8-12-13;1-2-8-3-5-9(6-4-8)10-7-13-12-11-10;5*1-7-5-3-2-4-6-7;5*1-4(2,3)7(5)6/h3-10H,2,11-12H2,1H3;3-12H,2H2,1H3;5-8,12H,2-4,9H2,1H3,(H2,14,16);3-9H,2H2,1H3;3-7H,2H2,1H3;5*7H,2-6H2,1H3;5*1-3H3,(H,5,6)/p-5/t;;12-;;;;;;;;;;;;/m..0............/s1. The van der Waals surface area contributed by atoms with Crippen molar-refractivity contribution in [3.63, 3.8) is 0 Å². The van der Waals surface area contributed by atoms with E-state index in [2.05, 4.69) is 280 Å². The van der Waals surface area contributed by atoms with E-state index in [0.717, 1.165) is 117 Å². The van der Waals surface area contributed by atoms with Crippen LogP contribution < -0.4 is 15.5 Å². The Morgan fingerprint density at radius 2 is 0.678 bits per heavy atom. The van der Waals surface area contributed by atoms with Gasteiger partial charge in [-0.05, 0) is 363 Å². The third-order valence-corrected chi connectivity index (χ3v) is 31.6. The lowest BCUT2D eigenvalue weighted by Crippen LogP contribution is -2.40. The predicted molar refractivity (Wildman–Crippen MR) is 623 cm³/mol. The topological polar surface area (TPSA) is 299 Å². The van der Waals surface area contributed by atoms with Crippen LogP contribution in [0.5, 0.6) is 0 Å². The minimum absolute atomic E-state index is 0.118. The number of nitrogens with two attached hydrogens (primary N) is 1. The zero-order valence-corrected chi connectivity index (χ0v) is 98.9. The van der Waals surface area contributed by atoms with Crippen molar-refractivity contribution in [2.24, 2.45) is 35.3 Å². The fraction of sp³-hybridized carbons (Fsp3) is 0.587. The average Bonchev–Trinajstić information content (AvgIpc) is 1.66. The molecule has 0 bridgehead atoms. The Morgan fingerprint density at radius 3 is 0.979 bits per heavy atom. The molecule has 17 rings (SSSR count). The summed E-state index contributed by atoms with van der Waals surface area (Å²) < 4.78 is 105. The summed E-state index contributed by atoms with van der Waals surface area (Å²) in [5, 5.41) is 11.4. The number of para-hydroxylation sites is 2. The number of aryl methyl sites for hydroxylation is 5. The van der Waals surface area contributed by atoms with Gasteiger partial charge >= 0.3 is 0 Å². The molecule has 5 heterocycles. The number of carbonyl (C=O) groups is 1. The minimum atomic E-state index is -1.93. The normalized spacial score (nSPS) is 16.9. The lowest BCUT2D eigenvalue weighted by Gasteiger charge is -2.24. The molecule has 5 unspecified atom stereocenters.